The van der Waals surface area contributed by atoms with Crippen molar-refractivity contribution in [3.63, 3.8) is 0 Å². The van der Waals surface area contributed by atoms with Crippen LogP contribution in [-0.2, 0) is 0 Å². The minimum Gasteiger partial charge on any atom is -0.115 e. The molecule has 0 aromatic rings. The van der Waals surface area contributed by atoms with Gasteiger partial charge >= 0.3 is 0 Å². The normalized spacial score (nSPS) is 10.9. The van der Waals surface area contributed by atoms with Crippen molar-refractivity contribution in [1.29, 1.82) is 0 Å². The third-order valence-corrected chi connectivity index (χ3v) is 4.48. The third kappa shape index (κ3) is 8.62. The Hall–Kier alpha value is -0.440. The third-order valence-electron chi connectivity index (χ3n) is 2.17. The van der Waals surface area contributed by atoms with Crippen LogP contribution in [0.25, 0.3) is 0 Å². The maximum Gasteiger partial charge on any atom is 0.0794 e. The van der Waals surface area contributed by atoms with E-state index in [0.29, 0.717) is 0 Å². The van der Waals surface area contributed by atoms with Crippen LogP contribution in [0.5, 0.6) is 0 Å². The van der Waals surface area contributed by atoms with Crippen molar-refractivity contribution >= 4 is 23.5 Å². The van der Waals surface area contributed by atoms with Gasteiger partial charge < -0.3 is 0 Å². The SMILES string of the molecule is CC#C/C(SCCCC)=C(/C#CC)SCCCC. The standard InChI is InChI=1S/C16H24S2/c1-5-9-13-17-15(11-7-3)16(12-8-4)18-14-10-6-2/h5-6,9-10,13-14H2,1-4H3/b16-15+. The lowest BCUT2D eigenvalue weighted by atomic mass is 10.4. The largest absolute Gasteiger partial charge is 0.115 e. The molecule has 0 radical (unpaired) electrons. The van der Waals surface area contributed by atoms with Gasteiger partial charge in [0.1, 0.15) is 0 Å². The summed E-state index contributed by atoms with van der Waals surface area (Å²) in [6, 6.07) is 0. The van der Waals surface area contributed by atoms with Crippen LogP contribution in [0.3, 0.4) is 0 Å². The highest BCUT2D eigenvalue weighted by molar-refractivity contribution is 8.07. The maximum absolute atomic E-state index is 3.22. The molecule has 0 N–H and O–H groups in total. The summed E-state index contributed by atoms with van der Waals surface area (Å²) in [5.41, 5.74) is 0. The highest BCUT2D eigenvalue weighted by atomic mass is 32.2. The van der Waals surface area contributed by atoms with E-state index in [1.54, 1.807) is 0 Å². The Bertz CT molecular complexity index is 322. The summed E-state index contributed by atoms with van der Waals surface area (Å²) in [6.45, 7) is 8.23. The van der Waals surface area contributed by atoms with Crippen LogP contribution in [0.15, 0.2) is 9.81 Å². The van der Waals surface area contributed by atoms with Crippen molar-refractivity contribution in [2.45, 2.75) is 53.4 Å². The first kappa shape index (κ1) is 17.6. The lowest BCUT2D eigenvalue weighted by molar-refractivity contribution is 0.897. The Labute approximate surface area is 122 Å². The van der Waals surface area contributed by atoms with Gasteiger partial charge in [-0.05, 0) is 38.2 Å². The quantitative estimate of drug-likeness (QED) is 0.436. The number of hydrogen-bond donors (Lipinski definition) is 0. The van der Waals surface area contributed by atoms with Crippen molar-refractivity contribution in [2.24, 2.45) is 0 Å². The molecular formula is C16H24S2. The summed E-state index contributed by atoms with van der Waals surface area (Å²) in [5.74, 6) is 14.8. The molecule has 0 aromatic carbocycles. The Morgan fingerprint density at radius 3 is 1.44 bits per heavy atom. The van der Waals surface area contributed by atoms with Gasteiger partial charge in [0, 0.05) is 0 Å². The highest BCUT2D eigenvalue weighted by Crippen LogP contribution is 2.28. The fourth-order valence-electron chi connectivity index (χ4n) is 1.18. The number of unbranched alkanes of at least 4 members (excludes halogenated alkanes) is 2. The Morgan fingerprint density at radius 1 is 0.778 bits per heavy atom. The predicted molar refractivity (Wildman–Crippen MR) is 88.7 cm³/mol. The van der Waals surface area contributed by atoms with Crippen molar-refractivity contribution in [1.82, 2.24) is 0 Å². The Kier molecular flexibility index (Phi) is 12.7. The zero-order valence-electron chi connectivity index (χ0n) is 12.1. The zero-order chi connectivity index (χ0) is 13.6. The first-order valence-corrected chi connectivity index (χ1v) is 8.62. The van der Waals surface area contributed by atoms with E-state index in [4.69, 9.17) is 0 Å². The van der Waals surface area contributed by atoms with Gasteiger partial charge in [-0.15, -0.1) is 35.4 Å². The monoisotopic (exact) mass is 280 g/mol. The van der Waals surface area contributed by atoms with E-state index in [9.17, 15) is 0 Å². The first-order valence-electron chi connectivity index (χ1n) is 6.65. The predicted octanol–water partition coefficient (Wildman–Crippen LogP) is 5.31. The van der Waals surface area contributed by atoms with Crippen LogP contribution in [0.2, 0.25) is 0 Å². The molecule has 0 saturated carbocycles. The molecule has 0 aliphatic carbocycles. The molecule has 0 nitrogen and oxygen atoms in total. The summed E-state index contributed by atoms with van der Waals surface area (Å²) in [7, 11) is 0. The topological polar surface area (TPSA) is 0 Å². The summed E-state index contributed by atoms with van der Waals surface area (Å²) in [4.78, 5) is 2.34. The molecule has 0 fully saturated rings. The van der Waals surface area contributed by atoms with Crippen molar-refractivity contribution in [3.05, 3.63) is 9.81 Å². The average molecular weight is 281 g/mol. The van der Waals surface area contributed by atoms with E-state index in [-0.39, 0.29) is 0 Å². The molecule has 0 bridgehead atoms. The average Bonchev–Trinajstić information content (AvgIpc) is 2.37. The van der Waals surface area contributed by atoms with Gasteiger partial charge in [-0.2, -0.15) is 0 Å². The molecule has 0 rings (SSSR count). The zero-order valence-corrected chi connectivity index (χ0v) is 13.7. The van der Waals surface area contributed by atoms with E-state index < -0.39 is 0 Å². The van der Waals surface area contributed by atoms with Crippen LogP contribution < -0.4 is 0 Å². The molecule has 0 aromatic heterocycles. The van der Waals surface area contributed by atoms with Crippen LogP contribution in [0.4, 0.5) is 0 Å². The minimum atomic E-state index is 1.14. The fraction of sp³-hybridized carbons (Fsp3) is 0.625. The molecule has 0 saturated heterocycles. The number of allylic oxidation sites excluding steroid dienone is 2. The Balaban J connectivity index is 4.76. The molecule has 0 aliphatic heterocycles. The number of hydrogen-bond acceptors (Lipinski definition) is 2. The van der Waals surface area contributed by atoms with Crippen molar-refractivity contribution in [3.8, 4) is 23.7 Å². The van der Waals surface area contributed by atoms with Gasteiger partial charge in [0.05, 0.1) is 9.81 Å². The van der Waals surface area contributed by atoms with Crippen molar-refractivity contribution < 1.29 is 0 Å². The fourth-order valence-corrected chi connectivity index (χ4v) is 3.52. The molecule has 0 amide bonds. The van der Waals surface area contributed by atoms with E-state index in [1.165, 1.54) is 35.5 Å². The van der Waals surface area contributed by atoms with Gasteiger partial charge in [-0.1, -0.05) is 38.5 Å². The second-order valence-electron chi connectivity index (χ2n) is 3.81. The maximum atomic E-state index is 3.22. The van der Waals surface area contributed by atoms with Crippen LogP contribution >= 0.6 is 23.5 Å². The van der Waals surface area contributed by atoms with Crippen LogP contribution in [0, 0.1) is 23.7 Å². The first-order chi connectivity index (χ1) is 8.79. The van der Waals surface area contributed by atoms with Crippen LogP contribution in [-0.4, -0.2) is 11.5 Å². The summed E-state index contributed by atoms with van der Waals surface area (Å²) >= 11 is 3.72. The Morgan fingerprint density at radius 2 is 1.17 bits per heavy atom. The molecule has 0 atom stereocenters. The second kappa shape index (κ2) is 13.0. The van der Waals surface area contributed by atoms with E-state index in [1.807, 2.05) is 37.4 Å². The van der Waals surface area contributed by atoms with Gasteiger partial charge in [-0.25, -0.2) is 0 Å². The molecule has 0 heterocycles. The molecule has 0 aliphatic rings. The van der Waals surface area contributed by atoms with Gasteiger partial charge in [0.15, 0.2) is 0 Å². The number of thioether (sulfide) groups is 2. The van der Waals surface area contributed by atoms with Gasteiger partial charge in [-0.3, -0.25) is 0 Å². The lowest BCUT2D eigenvalue weighted by Crippen LogP contribution is -1.87. The van der Waals surface area contributed by atoms with Crippen LogP contribution in [0.1, 0.15) is 53.4 Å². The van der Waals surface area contributed by atoms with Crippen molar-refractivity contribution in [2.75, 3.05) is 11.5 Å². The number of rotatable bonds is 8. The minimum absolute atomic E-state index is 1.14. The lowest BCUT2D eigenvalue weighted by Gasteiger charge is -2.05. The van der Waals surface area contributed by atoms with E-state index >= 15 is 0 Å². The van der Waals surface area contributed by atoms with E-state index in [2.05, 4.69) is 37.5 Å². The molecule has 100 valence electrons. The summed E-state index contributed by atoms with van der Waals surface area (Å²) < 4.78 is 0. The smallest absolute Gasteiger partial charge is 0.0794 e. The van der Waals surface area contributed by atoms with Gasteiger partial charge in [0.25, 0.3) is 0 Å². The second-order valence-corrected chi connectivity index (χ2v) is 6.02. The summed E-state index contributed by atoms with van der Waals surface area (Å²) in [5, 5.41) is 0. The molecule has 18 heavy (non-hydrogen) atoms. The van der Waals surface area contributed by atoms with Gasteiger partial charge in [0.2, 0.25) is 0 Å². The molecule has 0 spiro atoms. The van der Waals surface area contributed by atoms with E-state index in [0.717, 1.165) is 11.5 Å². The highest BCUT2D eigenvalue weighted by Gasteiger charge is 2.04. The molecule has 2 heteroatoms. The molecule has 0 unspecified atom stereocenters. The molecular weight excluding hydrogens is 256 g/mol. The summed E-state index contributed by atoms with van der Waals surface area (Å²) in [6.07, 6.45) is 4.95.